The highest BCUT2D eigenvalue weighted by atomic mass is 35.5. The van der Waals surface area contributed by atoms with Crippen molar-refractivity contribution in [2.45, 2.75) is 13.0 Å². The number of thioether (sulfide) groups is 1. The summed E-state index contributed by atoms with van der Waals surface area (Å²) in [7, 11) is 1.82. The lowest BCUT2D eigenvalue weighted by molar-refractivity contribution is -0.117. The summed E-state index contributed by atoms with van der Waals surface area (Å²) < 4.78 is 1.68. The van der Waals surface area contributed by atoms with Gasteiger partial charge < -0.3 is 5.32 Å². The van der Waals surface area contributed by atoms with Gasteiger partial charge in [-0.3, -0.25) is 14.8 Å². The Morgan fingerprint density at radius 1 is 1.75 bits per heavy atom. The highest BCUT2D eigenvalue weighted by Gasteiger charge is 2.23. The predicted molar refractivity (Wildman–Crippen MR) is 68.1 cm³/mol. The van der Waals surface area contributed by atoms with Crippen molar-refractivity contribution in [2.24, 2.45) is 7.05 Å². The van der Waals surface area contributed by atoms with Crippen molar-refractivity contribution < 1.29 is 4.79 Å². The standard InChI is InChI=1S/C9H14N4OS.ClH/c1-6-3-8(13(2)12-6)11-9(14)7-4-15-5-10-7;/h3,7,10H,4-5H2,1-2H3,(H,11,14);1H/t7-;/m1./s1. The summed E-state index contributed by atoms with van der Waals surface area (Å²) in [4.78, 5) is 11.7. The fraction of sp³-hybridized carbons (Fsp3) is 0.556. The second-order valence-corrected chi connectivity index (χ2v) is 4.59. The van der Waals surface area contributed by atoms with Gasteiger partial charge in [-0.1, -0.05) is 0 Å². The van der Waals surface area contributed by atoms with E-state index in [0.29, 0.717) is 0 Å². The maximum Gasteiger partial charge on any atom is 0.243 e. The third-order valence-electron chi connectivity index (χ3n) is 2.29. The van der Waals surface area contributed by atoms with Gasteiger partial charge >= 0.3 is 0 Å². The average molecular weight is 263 g/mol. The van der Waals surface area contributed by atoms with Gasteiger partial charge in [-0.25, -0.2) is 0 Å². The number of aromatic nitrogens is 2. The van der Waals surface area contributed by atoms with Gasteiger partial charge in [-0.05, 0) is 6.92 Å². The molecule has 1 amide bonds. The molecule has 0 radical (unpaired) electrons. The minimum absolute atomic E-state index is 0. The molecule has 2 rings (SSSR count). The third kappa shape index (κ3) is 2.90. The Hall–Kier alpha value is -0.720. The molecule has 0 aliphatic carbocycles. The molecule has 0 aromatic carbocycles. The van der Waals surface area contributed by atoms with Crippen molar-refractivity contribution in [2.75, 3.05) is 16.9 Å². The fourth-order valence-electron chi connectivity index (χ4n) is 1.50. The molecule has 1 saturated heterocycles. The number of halogens is 1. The van der Waals surface area contributed by atoms with Crippen LogP contribution in [0.5, 0.6) is 0 Å². The molecule has 90 valence electrons. The Bertz CT molecular complexity index is 376. The molecule has 5 nitrogen and oxygen atoms in total. The van der Waals surface area contributed by atoms with Crippen molar-refractivity contribution >= 4 is 35.9 Å². The Balaban J connectivity index is 0.00000128. The quantitative estimate of drug-likeness (QED) is 0.826. The zero-order valence-electron chi connectivity index (χ0n) is 9.19. The van der Waals surface area contributed by atoms with Crippen LogP contribution in [0.1, 0.15) is 5.69 Å². The molecule has 7 heteroatoms. The van der Waals surface area contributed by atoms with Gasteiger partial charge in [-0.2, -0.15) is 5.10 Å². The van der Waals surface area contributed by atoms with Crippen LogP contribution in [0.2, 0.25) is 0 Å². The van der Waals surface area contributed by atoms with Crippen molar-refractivity contribution in [3.63, 3.8) is 0 Å². The van der Waals surface area contributed by atoms with Crippen LogP contribution in [0.3, 0.4) is 0 Å². The molecular formula is C9H15ClN4OS. The summed E-state index contributed by atoms with van der Waals surface area (Å²) in [6.45, 7) is 1.90. The Morgan fingerprint density at radius 2 is 2.50 bits per heavy atom. The minimum Gasteiger partial charge on any atom is -0.310 e. The van der Waals surface area contributed by atoms with E-state index in [9.17, 15) is 4.79 Å². The van der Waals surface area contributed by atoms with Crippen LogP contribution in [0.15, 0.2) is 6.07 Å². The summed E-state index contributed by atoms with van der Waals surface area (Å²) in [5.74, 6) is 2.45. The van der Waals surface area contributed by atoms with E-state index < -0.39 is 0 Å². The Kier molecular flexibility index (Phi) is 4.64. The summed E-state index contributed by atoms with van der Waals surface area (Å²) in [6, 6.07) is 1.78. The van der Waals surface area contributed by atoms with E-state index >= 15 is 0 Å². The number of hydrogen-bond donors (Lipinski definition) is 2. The van der Waals surface area contributed by atoms with Gasteiger partial charge in [0.2, 0.25) is 5.91 Å². The first-order valence-corrected chi connectivity index (χ1v) is 5.95. The van der Waals surface area contributed by atoms with Gasteiger partial charge in [0, 0.05) is 24.7 Å². The van der Waals surface area contributed by atoms with Crippen molar-refractivity contribution in [1.29, 1.82) is 0 Å². The average Bonchev–Trinajstić information content (AvgIpc) is 2.76. The summed E-state index contributed by atoms with van der Waals surface area (Å²) in [5.41, 5.74) is 0.904. The van der Waals surface area contributed by atoms with Crippen LogP contribution in [0, 0.1) is 6.92 Å². The van der Waals surface area contributed by atoms with Crippen LogP contribution in [-0.4, -0.2) is 33.4 Å². The van der Waals surface area contributed by atoms with E-state index in [1.165, 1.54) is 0 Å². The number of amides is 1. The lowest BCUT2D eigenvalue weighted by Gasteiger charge is -2.09. The number of nitrogens with one attached hydrogen (secondary N) is 2. The Morgan fingerprint density at radius 3 is 3.00 bits per heavy atom. The van der Waals surface area contributed by atoms with Crippen LogP contribution in [-0.2, 0) is 11.8 Å². The largest absolute Gasteiger partial charge is 0.310 e. The van der Waals surface area contributed by atoms with E-state index in [-0.39, 0.29) is 24.4 Å². The lowest BCUT2D eigenvalue weighted by Crippen LogP contribution is -2.37. The molecule has 0 spiro atoms. The highest BCUT2D eigenvalue weighted by Crippen LogP contribution is 2.13. The van der Waals surface area contributed by atoms with Crippen molar-refractivity contribution in [3.05, 3.63) is 11.8 Å². The number of rotatable bonds is 2. The number of aryl methyl sites for hydroxylation is 2. The SMILES string of the molecule is Cc1cc(NC(=O)[C@H]2CSCN2)n(C)n1.Cl. The number of hydrogen-bond acceptors (Lipinski definition) is 4. The van der Waals surface area contributed by atoms with Gasteiger partial charge in [-0.15, -0.1) is 24.2 Å². The molecule has 1 fully saturated rings. The van der Waals surface area contributed by atoms with Crippen LogP contribution in [0.25, 0.3) is 0 Å². The number of nitrogens with zero attached hydrogens (tertiary/aromatic N) is 2. The third-order valence-corrected chi connectivity index (χ3v) is 3.23. The van der Waals surface area contributed by atoms with Crippen molar-refractivity contribution in [1.82, 2.24) is 15.1 Å². The van der Waals surface area contributed by atoms with E-state index in [2.05, 4.69) is 15.7 Å². The molecule has 1 aliphatic heterocycles. The molecule has 0 saturated carbocycles. The molecule has 1 aromatic rings. The number of carbonyl (C=O) groups is 1. The molecule has 1 aromatic heterocycles. The summed E-state index contributed by atoms with van der Waals surface area (Å²) in [6.07, 6.45) is 0. The van der Waals surface area contributed by atoms with Gasteiger partial charge in [0.15, 0.2) is 0 Å². The van der Waals surface area contributed by atoms with Crippen LogP contribution >= 0.6 is 24.2 Å². The topological polar surface area (TPSA) is 59.0 Å². The number of anilines is 1. The molecule has 16 heavy (non-hydrogen) atoms. The molecule has 0 unspecified atom stereocenters. The van der Waals surface area contributed by atoms with Crippen molar-refractivity contribution in [3.8, 4) is 0 Å². The molecular weight excluding hydrogens is 248 g/mol. The summed E-state index contributed by atoms with van der Waals surface area (Å²) in [5, 5.41) is 10.1. The van der Waals surface area contributed by atoms with Gasteiger partial charge in [0.25, 0.3) is 0 Å². The van der Waals surface area contributed by atoms with Gasteiger partial charge in [0.1, 0.15) is 5.82 Å². The highest BCUT2D eigenvalue weighted by molar-refractivity contribution is 7.99. The first-order chi connectivity index (χ1) is 7.16. The molecule has 1 atom stereocenters. The number of carbonyl (C=O) groups excluding carboxylic acids is 1. The molecule has 1 aliphatic rings. The van der Waals surface area contributed by atoms with E-state index in [0.717, 1.165) is 23.1 Å². The first-order valence-electron chi connectivity index (χ1n) is 4.79. The monoisotopic (exact) mass is 262 g/mol. The first kappa shape index (κ1) is 13.3. The second-order valence-electron chi connectivity index (χ2n) is 3.56. The smallest absolute Gasteiger partial charge is 0.243 e. The predicted octanol–water partition coefficient (Wildman–Crippen LogP) is 0.751. The zero-order valence-corrected chi connectivity index (χ0v) is 10.8. The molecule has 2 heterocycles. The van der Waals surface area contributed by atoms with Gasteiger partial charge in [0.05, 0.1) is 11.7 Å². The van der Waals surface area contributed by atoms with E-state index in [4.69, 9.17) is 0 Å². The molecule has 0 bridgehead atoms. The second kappa shape index (κ2) is 5.56. The lowest BCUT2D eigenvalue weighted by atomic mass is 10.3. The summed E-state index contributed by atoms with van der Waals surface area (Å²) >= 11 is 1.74. The van der Waals surface area contributed by atoms with E-state index in [1.54, 1.807) is 16.4 Å². The Labute approximate surface area is 105 Å². The maximum absolute atomic E-state index is 11.7. The maximum atomic E-state index is 11.7. The fourth-order valence-corrected chi connectivity index (χ4v) is 2.45. The van der Waals surface area contributed by atoms with Crippen LogP contribution in [0.4, 0.5) is 5.82 Å². The molecule has 2 N–H and O–H groups in total. The zero-order chi connectivity index (χ0) is 10.8. The van der Waals surface area contributed by atoms with E-state index in [1.807, 2.05) is 20.0 Å². The van der Waals surface area contributed by atoms with Crippen LogP contribution < -0.4 is 10.6 Å². The minimum atomic E-state index is -0.0785. The normalized spacial score (nSPS) is 19.2.